The molecule has 1 fully saturated rings. The smallest absolute Gasteiger partial charge is 0.195 e. The summed E-state index contributed by atoms with van der Waals surface area (Å²) in [4.78, 5) is 0. The van der Waals surface area contributed by atoms with Crippen LogP contribution in [-0.2, 0) is 16.8 Å². The molecule has 1 aliphatic heterocycles. The summed E-state index contributed by atoms with van der Waals surface area (Å²) >= 11 is 0. The molecule has 0 bridgehead atoms. The van der Waals surface area contributed by atoms with Gasteiger partial charge in [-0.25, -0.2) is 0 Å². The summed E-state index contributed by atoms with van der Waals surface area (Å²) in [6.07, 6.45) is 1.86. The average molecular weight is 279 g/mol. The zero-order chi connectivity index (χ0) is 13.9. The van der Waals surface area contributed by atoms with Gasteiger partial charge in [0.2, 0.25) is 0 Å². The van der Waals surface area contributed by atoms with E-state index in [1.165, 1.54) is 8.61 Å². The molecule has 6 heteroatoms. The summed E-state index contributed by atoms with van der Waals surface area (Å²) in [5.74, 6) is 0. The highest BCUT2D eigenvalue weighted by Gasteiger charge is 2.29. The maximum absolute atomic E-state index is 12.3. The molecular formula is C13H17N3O2S. The number of hydrogen-bond donors (Lipinski definition) is 0. The Morgan fingerprint density at radius 2 is 2.05 bits per heavy atom. The lowest BCUT2D eigenvalue weighted by Gasteiger charge is -2.23. The quantitative estimate of drug-likeness (QED) is 0.835. The molecule has 2 rings (SSSR count). The summed E-state index contributed by atoms with van der Waals surface area (Å²) < 4.78 is 27.4. The van der Waals surface area contributed by atoms with Gasteiger partial charge in [-0.2, -0.15) is 22.3 Å². The first-order chi connectivity index (χ1) is 9.04. The minimum Gasteiger partial charge on any atom is -0.195 e. The Kier molecular flexibility index (Phi) is 4.20. The van der Waals surface area contributed by atoms with Crippen molar-refractivity contribution in [3.63, 3.8) is 0 Å². The SMILES string of the molecule is CN(Cc1cccc(C#N)c1)S(=O)(=O)N1CCCC1. The molecule has 19 heavy (non-hydrogen) atoms. The van der Waals surface area contributed by atoms with E-state index in [1.54, 1.807) is 25.2 Å². The number of nitrogens with zero attached hydrogens (tertiary/aromatic N) is 3. The van der Waals surface area contributed by atoms with Crippen LogP contribution in [0.2, 0.25) is 0 Å². The van der Waals surface area contributed by atoms with Gasteiger partial charge in [-0.3, -0.25) is 0 Å². The Labute approximate surface area is 114 Å². The summed E-state index contributed by atoms with van der Waals surface area (Å²) in [5.41, 5.74) is 1.37. The van der Waals surface area contributed by atoms with Crippen molar-refractivity contribution in [2.24, 2.45) is 0 Å². The van der Waals surface area contributed by atoms with Crippen LogP contribution in [-0.4, -0.2) is 37.2 Å². The summed E-state index contributed by atoms with van der Waals surface area (Å²) in [6.45, 7) is 1.49. The average Bonchev–Trinajstić information content (AvgIpc) is 2.93. The van der Waals surface area contributed by atoms with Gasteiger partial charge in [-0.05, 0) is 30.5 Å². The minimum atomic E-state index is -3.37. The predicted octanol–water partition coefficient (Wildman–Crippen LogP) is 1.33. The van der Waals surface area contributed by atoms with Crippen LogP contribution >= 0.6 is 0 Å². The van der Waals surface area contributed by atoms with E-state index in [2.05, 4.69) is 6.07 Å². The fourth-order valence-electron chi connectivity index (χ4n) is 2.19. The standard InChI is InChI=1S/C13H17N3O2S/c1-15(19(17,18)16-7-2-3-8-16)11-13-6-4-5-12(9-13)10-14/h4-6,9H,2-3,7-8,11H2,1H3. The molecule has 1 heterocycles. The molecule has 1 aliphatic rings. The van der Waals surface area contributed by atoms with E-state index in [4.69, 9.17) is 5.26 Å². The molecule has 0 amide bonds. The van der Waals surface area contributed by atoms with Gasteiger partial charge in [0.05, 0.1) is 11.6 Å². The third-order valence-corrected chi connectivity index (χ3v) is 5.18. The highest BCUT2D eigenvalue weighted by molar-refractivity contribution is 7.86. The molecule has 0 spiro atoms. The van der Waals surface area contributed by atoms with Crippen LogP contribution in [0, 0.1) is 11.3 Å². The lowest BCUT2D eigenvalue weighted by atomic mass is 10.1. The largest absolute Gasteiger partial charge is 0.282 e. The third kappa shape index (κ3) is 3.13. The van der Waals surface area contributed by atoms with Crippen molar-refractivity contribution >= 4 is 10.2 Å². The Bertz CT molecular complexity index is 586. The van der Waals surface area contributed by atoms with Gasteiger partial charge in [-0.15, -0.1) is 0 Å². The van der Waals surface area contributed by atoms with Crippen LogP contribution in [0.3, 0.4) is 0 Å². The van der Waals surface area contributed by atoms with Gasteiger partial charge in [0.15, 0.2) is 0 Å². The number of hydrogen-bond acceptors (Lipinski definition) is 3. The normalized spacial score (nSPS) is 16.7. The zero-order valence-electron chi connectivity index (χ0n) is 10.9. The zero-order valence-corrected chi connectivity index (χ0v) is 11.7. The molecule has 1 aromatic carbocycles. The summed E-state index contributed by atoms with van der Waals surface area (Å²) in [7, 11) is -1.80. The fraction of sp³-hybridized carbons (Fsp3) is 0.462. The first-order valence-electron chi connectivity index (χ1n) is 6.24. The third-order valence-electron chi connectivity index (χ3n) is 3.25. The van der Waals surface area contributed by atoms with E-state index in [0.29, 0.717) is 18.7 Å². The van der Waals surface area contributed by atoms with E-state index >= 15 is 0 Å². The van der Waals surface area contributed by atoms with Crippen LogP contribution in [0.5, 0.6) is 0 Å². The molecule has 1 aromatic rings. The van der Waals surface area contributed by atoms with Crippen LogP contribution < -0.4 is 0 Å². The highest BCUT2D eigenvalue weighted by Crippen LogP contribution is 2.17. The Balaban J connectivity index is 2.12. The van der Waals surface area contributed by atoms with Crippen molar-refractivity contribution in [3.8, 4) is 6.07 Å². The maximum atomic E-state index is 12.3. The molecular weight excluding hydrogens is 262 g/mol. The Morgan fingerprint density at radius 1 is 1.37 bits per heavy atom. The molecule has 0 saturated carbocycles. The topological polar surface area (TPSA) is 64.4 Å². The first kappa shape index (κ1) is 14.0. The number of nitriles is 1. The number of benzene rings is 1. The minimum absolute atomic E-state index is 0.286. The van der Waals surface area contributed by atoms with Crippen LogP contribution in [0.4, 0.5) is 0 Å². The van der Waals surface area contributed by atoms with E-state index in [0.717, 1.165) is 18.4 Å². The van der Waals surface area contributed by atoms with Gasteiger partial charge >= 0.3 is 0 Å². The van der Waals surface area contributed by atoms with Crippen LogP contribution in [0.25, 0.3) is 0 Å². The lowest BCUT2D eigenvalue weighted by molar-refractivity contribution is 0.392. The Hall–Kier alpha value is -1.42. The number of rotatable bonds is 4. The van der Waals surface area contributed by atoms with Crippen molar-refractivity contribution in [2.75, 3.05) is 20.1 Å². The second-order valence-electron chi connectivity index (χ2n) is 4.68. The second-order valence-corrected chi connectivity index (χ2v) is 6.72. The van der Waals surface area contributed by atoms with Crippen molar-refractivity contribution in [2.45, 2.75) is 19.4 Å². The molecule has 0 atom stereocenters. The maximum Gasteiger partial charge on any atom is 0.282 e. The monoisotopic (exact) mass is 279 g/mol. The van der Waals surface area contributed by atoms with Crippen molar-refractivity contribution in [3.05, 3.63) is 35.4 Å². The molecule has 0 aromatic heterocycles. The molecule has 1 saturated heterocycles. The molecule has 0 aliphatic carbocycles. The molecule has 0 N–H and O–H groups in total. The lowest BCUT2D eigenvalue weighted by Crippen LogP contribution is -2.39. The molecule has 5 nitrogen and oxygen atoms in total. The highest BCUT2D eigenvalue weighted by atomic mass is 32.2. The van der Waals surface area contributed by atoms with Gasteiger partial charge in [0, 0.05) is 26.7 Å². The van der Waals surface area contributed by atoms with Gasteiger partial charge in [0.25, 0.3) is 10.2 Å². The summed E-state index contributed by atoms with van der Waals surface area (Å²) in [5, 5.41) is 8.84. The van der Waals surface area contributed by atoms with Crippen LogP contribution in [0.15, 0.2) is 24.3 Å². The van der Waals surface area contributed by atoms with Gasteiger partial charge < -0.3 is 0 Å². The van der Waals surface area contributed by atoms with Crippen molar-refractivity contribution in [1.29, 1.82) is 5.26 Å². The van der Waals surface area contributed by atoms with E-state index in [-0.39, 0.29) is 6.54 Å². The first-order valence-corrected chi connectivity index (χ1v) is 7.64. The van der Waals surface area contributed by atoms with E-state index in [1.807, 2.05) is 6.07 Å². The second kappa shape index (κ2) is 5.70. The molecule has 102 valence electrons. The van der Waals surface area contributed by atoms with Crippen LogP contribution in [0.1, 0.15) is 24.0 Å². The van der Waals surface area contributed by atoms with Gasteiger partial charge in [-0.1, -0.05) is 12.1 Å². The van der Waals surface area contributed by atoms with Crippen molar-refractivity contribution < 1.29 is 8.42 Å². The predicted molar refractivity (Wildman–Crippen MR) is 72.4 cm³/mol. The summed E-state index contributed by atoms with van der Waals surface area (Å²) in [6, 6.07) is 9.08. The van der Waals surface area contributed by atoms with Crippen molar-refractivity contribution in [1.82, 2.24) is 8.61 Å². The Morgan fingerprint density at radius 3 is 2.68 bits per heavy atom. The van der Waals surface area contributed by atoms with Gasteiger partial charge in [0.1, 0.15) is 0 Å². The van der Waals surface area contributed by atoms with E-state index in [9.17, 15) is 8.42 Å². The molecule has 0 radical (unpaired) electrons. The fourth-order valence-corrected chi connectivity index (χ4v) is 3.62. The molecule has 0 unspecified atom stereocenters. The van der Waals surface area contributed by atoms with E-state index < -0.39 is 10.2 Å².